The van der Waals surface area contributed by atoms with Crippen molar-refractivity contribution in [3.8, 4) is 5.69 Å². The molecule has 3 rings (SSSR count). The highest BCUT2D eigenvalue weighted by Gasteiger charge is 2.20. The van der Waals surface area contributed by atoms with Gasteiger partial charge in [-0.1, -0.05) is 43.8 Å². The van der Waals surface area contributed by atoms with Gasteiger partial charge < -0.3 is 5.32 Å². The molecule has 1 unspecified atom stereocenters. The molecule has 0 fully saturated rings. The second-order valence-electron chi connectivity index (χ2n) is 6.31. The van der Waals surface area contributed by atoms with Crippen LogP contribution in [0, 0.1) is 12.8 Å². The average Bonchev–Trinajstić information content (AvgIpc) is 3.29. The largest absolute Gasteiger partial charge is 0.347 e. The van der Waals surface area contributed by atoms with E-state index < -0.39 is 0 Å². The van der Waals surface area contributed by atoms with Crippen molar-refractivity contribution in [3.05, 3.63) is 52.2 Å². The van der Waals surface area contributed by atoms with Crippen LogP contribution in [0.1, 0.15) is 30.3 Å². The first kappa shape index (κ1) is 18.6. The second-order valence-corrected chi connectivity index (χ2v) is 8.23. The number of rotatable bonds is 7. The predicted octanol–water partition coefficient (Wildman–Crippen LogP) is 3.64. The topological polar surface area (TPSA) is 72.7 Å². The first-order valence-corrected chi connectivity index (χ1v) is 10.2. The lowest BCUT2D eigenvalue weighted by molar-refractivity contribution is -0.119. The third-order valence-electron chi connectivity index (χ3n) is 3.85. The SMILES string of the molecule is Cc1cccc(-n2nnnc2SCC(=O)NC(c2cccs2)C(C)C)c1. The molecule has 1 N–H and O–H groups in total. The minimum atomic E-state index is -0.0270. The summed E-state index contributed by atoms with van der Waals surface area (Å²) in [4.78, 5) is 13.6. The Morgan fingerprint density at radius 2 is 2.15 bits per heavy atom. The fraction of sp³-hybridized carbons (Fsp3) is 0.333. The van der Waals surface area contributed by atoms with Crippen molar-refractivity contribution in [3.63, 3.8) is 0 Å². The van der Waals surface area contributed by atoms with E-state index in [1.807, 2.05) is 42.6 Å². The summed E-state index contributed by atoms with van der Waals surface area (Å²) in [7, 11) is 0. The number of hydrogen-bond donors (Lipinski definition) is 1. The Balaban J connectivity index is 1.64. The molecule has 1 aromatic carbocycles. The molecule has 0 radical (unpaired) electrons. The van der Waals surface area contributed by atoms with Crippen molar-refractivity contribution in [2.24, 2.45) is 5.92 Å². The zero-order chi connectivity index (χ0) is 18.5. The van der Waals surface area contributed by atoms with Gasteiger partial charge in [0.15, 0.2) is 0 Å². The van der Waals surface area contributed by atoms with Crippen LogP contribution in [-0.2, 0) is 4.79 Å². The van der Waals surface area contributed by atoms with Crippen LogP contribution >= 0.6 is 23.1 Å². The molecule has 6 nitrogen and oxygen atoms in total. The van der Waals surface area contributed by atoms with Gasteiger partial charge in [-0.3, -0.25) is 4.79 Å². The Bertz CT molecular complexity index is 860. The Morgan fingerprint density at radius 1 is 1.31 bits per heavy atom. The van der Waals surface area contributed by atoms with E-state index in [1.54, 1.807) is 16.0 Å². The Hall–Kier alpha value is -2.19. The van der Waals surface area contributed by atoms with Crippen molar-refractivity contribution < 1.29 is 4.79 Å². The number of carbonyl (C=O) groups excluding carboxylic acids is 1. The molecular weight excluding hydrogens is 366 g/mol. The Morgan fingerprint density at radius 3 is 2.85 bits per heavy atom. The van der Waals surface area contributed by atoms with Gasteiger partial charge in [-0.05, 0) is 52.4 Å². The second kappa shape index (κ2) is 8.46. The molecule has 2 aromatic heterocycles. The van der Waals surface area contributed by atoms with E-state index in [1.165, 1.54) is 16.6 Å². The summed E-state index contributed by atoms with van der Waals surface area (Å²) >= 11 is 2.99. The van der Waals surface area contributed by atoms with Crippen LogP contribution in [0.2, 0.25) is 0 Å². The molecule has 0 aliphatic carbocycles. The summed E-state index contributed by atoms with van der Waals surface area (Å²) in [5.74, 6) is 0.557. The van der Waals surface area contributed by atoms with Gasteiger partial charge in [0.25, 0.3) is 0 Å². The first-order chi connectivity index (χ1) is 12.5. The van der Waals surface area contributed by atoms with E-state index in [0.29, 0.717) is 11.1 Å². The number of carbonyl (C=O) groups is 1. The van der Waals surface area contributed by atoms with E-state index >= 15 is 0 Å². The molecule has 0 aliphatic rings. The number of nitrogens with one attached hydrogen (secondary N) is 1. The van der Waals surface area contributed by atoms with Gasteiger partial charge >= 0.3 is 0 Å². The number of thioether (sulfide) groups is 1. The normalized spacial score (nSPS) is 12.3. The molecule has 1 amide bonds. The highest BCUT2D eigenvalue weighted by atomic mass is 32.2. The van der Waals surface area contributed by atoms with Gasteiger partial charge in [-0.2, -0.15) is 4.68 Å². The highest BCUT2D eigenvalue weighted by molar-refractivity contribution is 7.99. The lowest BCUT2D eigenvalue weighted by Crippen LogP contribution is -2.32. The smallest absolute Gasteiger partial charge is 0.230 e. The molecule has 26 heavy (non-hydrogen) atoms. The predicted molar refractivity (Wildman–Crippen MR) is 105 cm³/mol. The standard InChI is InChI=1S/C18H21N5OS2/c1-12(2)17(15-8-5-9-25-15)19-16(24)11-26-18-20-21-22-23(18)14-7-4-6-13(3)10-14/h4-10,12,17H,11H2,1-3H3,(H,19,24). The number of benzene rings is 1. The van der Waals surface area contributed by atoms with E-state index in [-0.39, 0.29) is 17.7 Å². The molecule has 8 heteroatoms. The zero-order valence-corrected chi connectivity index (χ0v) is 16.5. The maximum absolute atomic E-state index is 12.4. The molecular formula is C18H21N5OS2. The van der Waals surface area contributed by atoms with Crippen LogP contribution < -0.4 is 5.32 Å². The summed E-state index contributed by atoms with van der Waals surface area (Å²) in [5.41, 5.74) is 2.01. The number of nitrogens with zero attached hydrogens (tertiary/aromatic N) is 4. The van der Waals surface area contributed by atoms with E-state index in [9.17, 15) is 4.79 Å². The highest BCUT2D eigenvalue weighted by Crippen LogP contribution is 2.26. The van der Waals surface area contributed by atoms with Crippen molar-refractivity contribution in [1.29, 1.82) is 0 Å². The van der Waals surface area contributed by atoms with E-state index in [0.717, 1.165) is 11.3 Å². The van der Waals surface area contributed by atoms with Crippen LogP contribution in [0.25, 0.3) is 5.69 Å². The van der Waals surface area contributed by atoms with Crippen LogP contribution in [-0.4, -0.2) is 31.9 Å². The molecule has 136 valence electrons. The van der Waals surface area contributed by atoms with Gasteiger partial charge in [0.2, 0.25) is 11.1 Å². The van der Waals surface area contributed by atoms with Crippen LogP contribution in [0.15, 0.2) is 46.9 Å². The number of amides is 1. The van der Waals surface area contributed by atoms with Crippen LogP contribution in [0.3, 0.4) is 0 Å². The van der Waals surface area contributed by atoms with Gasteiger partial charge in [-0.15, -0.1) is 16.4 Å². The maximum atomic E-state index is 12.4. The lowest BCUT2D eigenvalue weighted by Gasteiger charge is -2.21. The summed E-state index contributed by atoms with van der Waals surface area (Å²) in [6.45, 7) is 6.23. The van der Waals surface area contributed by atoms with E-state index in [2.05, 4.69) is 40.8 Å². The molecule has 1 atom stereocenters. The van der Waals surface area contributed by atoms with Crippen molar-refractivity contribution >= 4 is 29.0 Å². The number of aromatic nitrogens is 4. The zero-order valence-electron chi connectivity index (χ0n) is 14.9. The third-order valence-corrected chi connectivity index (χ3v) is 5.73. The number of aryl methyl sites for hydroxylation is 1. The van der Waals surface area contributed by atoms with Crippen LogP contribution in [0.4, 0.5) is 0 Å². The summed E-state index contributed by atoms with van der Waals surface area (Å²) in [6.07, 6.45) is 0. The average molecular weight is 388 g/mol. The number of tetrazole rings is 1. The summed E-state index contributed by atoms with van der Waals surface area (Å²) < 4.78 is 1.66. The fourth-order valence-corrected chi connectivity index (χ4v) is 4.22. The first-order valence-electron chi connectivity index (χ1n) is 8.35. The summed E-state index contributed by atoms with van der Waals surface area (Å²) in [5, 5.41) is 17.6. The van der Waals surface area contributed by atoms with Crippen molar-refractivity contribution in [2.45, 2.75) is 32.0 Å². The monoisotopic (exact) mass is 387 g/mol. The maximum Gasteiger partial charge on any atom is 0.230 e. The summed E-state index contributed by atoms with van der Waals surface area (Å²) in [6, 6.07) is 12.0. The fourth-order valence-electron chi connectivity index (χ4n) is 2.57. The molecule has 0 bridgehead atoms. The Kier molecular flexibility index (Phi) is 6.05. The van der Waals surface area contributed by atoms with Gasteiger partial charge in [0.05, 0.1) is 17.5 Å². The number of hydrogen-bond acceptors (Lipinski definition) is 6. The van der Waals surface area contributed by atoms with Gasteiger partial charge in [0, 0.05) is 4.88 Å². The van der Waals surface area contributed by atoms with Gasteiger partial charge in [0.1, 0.15) is 0 Å². The number of thiophene rings is 1. The molecule has 0 aliphatic heterocycles. The Labute approximate surface area is 161 Å². The molecule has 2 heterocycles. The lowest BCUT2D eigenvalue weighted by atomic mass is 10.0. The van der Waals surface area contributed by atoms with Gasteiger partial charge in [-0.25, -0.2) is 0 Å². The van der Waals surface area contributed by atoms with Crippen LogP contribution in [0.5, 0.6) is 0 Å². The quantitative estimate of drug-likeness (QED) is 0.627. The molecule has 0 saturated heterocycles. The molecule has 0 saturated carbocycles. The molecule has 3 aromatic rings. The van der Waals surface area contributed by atoms with E-state index in [4.69, 9.17) is 0 Å². The van der Waals surface area contributed by atoms with Crippen molar-refractivity contribution in [1.82, 2.24) is 25.5 Å². The van der Waals surface area contributed by atoms with Crippen molar-refractivity contribution in [2.75, 3.05) is 5.75 Å². The molecule has 0 spiro atoms. The minimum absolute atomic E-state index is 0.0240. The minimum Gasteiger partial charge on any atom is -0.347 e. The third kappa shape index (κ3) is 4.50.